The van der Waals surface area contributed by atoms with Gasteiger partial charge in [0, 0.05) is 25.7 Å². The Balaban J connectivity index is 1.87. The number of anilines is 1. The molecule has 0 saturated carbocycles. The van der Waals surface area contributed by atoms with Gasteiger partial charge in [0.1, 0.15) is 5.82 Å². The van der Waals surface area contributed by atoms with Gasteiger partial charge in [0.25, 0.3) is 0 Å². The number of amides is 1. The summed E-state index contributed by atoms with van der Waals surface area (Å²) >= 11 is 0. The first-order chi connectivity index (χ1) is 12.2. The van der Waals surface area contributed by atoms with E-state index in [1.807, 2.05) is 32.0 Å². The van der Waals surface area contributed by atoms with Crippen LogP contribution in [0.25, 0.3) is 0 Å². The Kier molecular flexibility index (Phi) is 6.50. The van der Waals surface area contributed by atoms with E-state index in [9.17, 15) is 17.6 Å². The van der Waals surface area contributed by atoms with E-state index < -0.39 is 15.8 Å². The first-order valence-corrected chi connectivity index (χ1v) is 9.73. The number of hydrogen-bond donors (Lipinski definition) is 1. The van der Waals surface area contributed by atoms with Crippen LogP contribution in [-0.2, 0) is 14.8 Å². The molecule has 7 heteroatoms. The van der Waals surface area contributed by atoms with Crippen LogP contribution in [0, 0.1) is 19.7 Å². The van der Waals surface area contributed by atoms with Crippen LogP contribution in [0.3, 0.4) is 0 Å². The van der Waals surface area contributed by atoms with Crippen LogP contribution in [0.1, 0.15) is 24.0 Å². The summed E-state index contributed by atoms with van der Waals surface area (Å²) in [4.78, 5) is 12.1. The number of benzene rings is 2. The van der Waals surface area contributed by atoms with Crippen molar-refractivity contribution in [2.24, 2.45) is 0 Å². The first-order valence-electron chi connectivity index (χ1n) is 8.29. The van der Waals surface area contributed by atoms with Crippen molar-refractivity contribution in [3.05, 3.63) is 59.4 Å². The molecule has 0 unspecified atom stereocenters. The summed E-state index contributed by atoms with van der Waals surface area (Å²) in [5, 5.41) is 2.81. The predicted octanol–water partition coefficient (Wildman–Crippen LogP) is 3.48. The van der Waals surface area contributed by atoms with Crippen molar-refractivity contribution in [2.45, 2.75) is 31.6 Å². The second kappa shape index (κ2) is 8.42. The molecule has 0 saturated heterocycles. The van der Waals surface area contributed by atoms with E-state index in [4.69, 9.17) is 0 Å². The molecule has 0 aliphatic carbocycles. The van der Waals surface area contributed by atoms with Gasteiger partial charge in [0.15, 0.2) is 0 Å². The van der Waals surface area contributed by atoms with Crippen LogP contribution >= 0.6 is 0 Å². The van der Waals surface area contributed by atoms with Gasteiger partial charge < -0.3 is 5.32 Å². The van der Waals surface area contributed by atoms with E-state index in [1.54, 1.807) is 0 Å². The Labute approximate surface area is 153 Å². The van der Waals surface area contributed by atoms with Crippen molar-refractivity contribution in [3.8, 4) is 0 Å². The summed E-state index contributed by atoms with van der Waals surface area (Å²) in [6.45, 7) is 4.17. The van der Waals surface area contributed by atoms with Crippen LogP contribution in [-0.4, -0.2) is 32.2 Å². The minimum atomic E-state index is -3.69. The Bertz CT molecular complexity index is 880. The van der Waals surface area contributed by atoms with Crippen molar-refractivity contribution < 1.29 is 17.6 Å². The molecule has 5 nitrogen and oxygen atoms in total. The second-order valence-electron chi connectivity index (χ2n) is 6.23. The molecule has 140 valence electrons. The maximum absolute atomic E-state index is 12.9. The molecule has 0 bridgehead atoms. The number of carbonyl (C=O) groups excluding carboxylic acids is 1. The smallest absolute Gasteiger partial charge is 0.242 e. The van der Waals surface area contributed by atoms with Crippen molar-refractivity contribution in [1.82, 2.24) is 4.31 Å². The SMILES string of the molecule is Cc1ccc(NC(=O)CCCN(C)S(=O)(=O)c2ccc(F)cc2)cc1C. The molecule has 0 radical (unpaired) electrons. The molecule has 0 spiro atoms. The van der Waals surface area contributed by atoms with E-state index >= 15 is 0 Å². The number of aryl methyl sites for hydroxylation is 2. The highest BCUT2D eigenvalue weighted by Gasteiger charge is 2.20. The van der Waals surface area contributed by atoms with Crippen molar-refractivity contribution in [1.29, 1.82) is 0 Å². The molecule has 0 aliphatic heterocycles. The summed E-state index contributed by atoms with van der Waals surface area (Å²) < 4.78 is 38.9. The standard InChI is InChI=1S/C19H23FN2O3S/c1-14-6-9-17(13-15(14)2)21-19(23)5-4-12-22(3)26(24,25)18-10-7-16(20)8-11-18/h6-11,13H,4-5,12H2,1-3H3,(H,21,23). The van der Waals surface area contributed by atoms with Gasteiger partial charge in [0.05, 0.1) is 4.90 Å². The maximum atomic E-state index is 12.9. The van der Waals surface area contributed by atoms with Crippen LogP contribution in [0.2, 0.25) is 0 Å². The highest BCUT2D eigenvalue weighted by atomic mass is 32.2. The summed E-state index contributed by atoms with van der Waals surface area (Å²) in [5.74, 6) is -0.657. The maximum Gasteiger partial charge on any atom is 0.242 e. The third-order valence-corrected chi connectivity index (χ3v) is 6.06. The Morgan fingerprint density at radius 1 is 1.08 bits per heavy atom. The molecule has 0 fully saturated rings. The van der Waals surface area contributed by atoms with E-state index in [0.717, 1.165) is 28.9 Å². The minimum Gasteiger partial charge on any atom is -0.326 e. The lowest BCUT2D eigenvalue weighted by molar-refractivity contribution is -0.116. The van der Waals surface area contributed by atoms with Gasteiger partial charge in [0.2, 0.25) is 15.9 Å². The van der Waals surface area contributed by atoms with Gasteiger partial charge in [-0.15, -0.1) is 0 Å². The number of hydrogen-bond acceptors (Lipinski definition) is 3. The molecule has 0 heterocycles. The third-order valence-electron chi connectivity index (χ3n) is 4.19. The molecule has 2 rings (SSSR count). The fraction of sp³-hybridized carbons (Fsp3) is 0.316. The van der Waals surface area contributed by atoms with Gasteiger partial charge in [-0.3, -0.25) is 4.79 Å². The summed E-state index contributed by atoms with van der Waals surface area (Å²) in [6.07, 6.45) is 0.587. The molecule has 1 N–H and O–H groups in total. The van der Waals surface area contributed by atoms with E-state index in [0.29, 0.717) is 6.42 Å². The fourth-order valence-electron chi connectivity index (χ4n) is 2.41. The number of halogens is 1. The largest absolute Gasteiger partial charge is 0.326 e. The number of carbonyl (C=O) groups is 1. The molecule has 2 aromatic carbocycles. The predicted molar refractivity (Wildman–Crippen MR) is 100.0 cm³/mol. The molecular formula is C19H23FN2O3S. The monoisotopic (exact) mass is 378 g/mol. The lowest BCUT2D eigenvalue weighted by Crippen LogP contribution is -2.28. The number of rotatable bonds is 7. The van der Waals surface area contributed by atoms with Gasteiger partial charge in [-0.25, -0.2) is 17.1 Å². The van der Waals surface area contributed by atoms with Crippen LogP contribution in [0.4, 0.5) is 10.1 Å². The number of sulfonamides is 1. The average Bonchev–Trinajstić information content (AvgIpc) is 2.58. The summed E-state index contributed by atoms with van der Waals surface area (Å²) in [5.41, 5.74) is 2.97. The van der Waals surface area contributed by atoms with Crippen molar-refractivity contribution in [3.63, 3.8) is 0 Å². The summed E-state index contributed by atoms with van der Waals surface area (Å²) in [7, 11) is -2.24. The molecule has 0 aliphatic rings. The average molecular weight is 378 g/mol. The number of nitrogens with zero attached hydrogens (tertiary/aromatic N) is 1. The summed E-state index contributed by atoms with van der Waals surface area (Å²) in [6, 6.07) is 10.4. The zero-order chi connectivity index (χ0) is 19.3. The van der Waals surface area contributed by atoms with Crippen LogP contribution in [0.15, 0.2) is 47.4 Å². The quantitative estimate of drug-likeness (QED) is 0.802. The second-order valence-corrected chi connectivity index (χ2v) is 8.28. The molecule has 0 aromatic heterocycles. The lowest BCUT2D eigenvalue weighted by atomic mass is 10.1. The highest BCUT2D eigenvalue weighted by Crippen LogP contribution is 2.16. The molecule has 26 heavy (non-hydrogen) atoms. The highest BCUT2D eigenvalue weighted by molar-refractivity contribution is 7.89. The lowest BCUT2D eigenvalue weighted by Gasteiger charge is -2.17. The van der Waals surface area contributed by atoms with E-state index in [-0.39, 0.29) is 23.8 Å². The first kappa shape index (κ1) is 20.1. The Morgan fingerprint density at radius 2 is 1.73 bits per heavy atom. The molecule has 1 amide bonds. The topological polar surface area (TPSA) is 66.5 Å². The van der Waals surface area contributed by atoms with Gasteiger partial charge >= 0.3 is 0 Å². The van der Waals surface area contributed by atoms with Crippen LogP contribution < -0.4 is 5.32 Å². The number of nitrogens with one attached hydrogen (secondary N) is 1. The van der Waals surface area contributed by atoms with Gasteiger partial charge in [-0.2, -0.15) is 0 Å². The fourth-order valence-corrected chi connectivity index (χ4v) is 3.62. The van der Waals surface area contributed by atoms with Gasteiger partial charge in [-0.1, -0.05) is 6.07 Å². The van der Waals surface area contributed by atoms with Crippen molar-refractivity contribution in [2.75, 3.05) is 18.9 Å². The molecule has 2 aromatic rings. The minimum absolute atomic E-state index is 0.0287. The van der Waals surface area contributed by atoms with Crippen molar-refractivity contribution >= 4 is 21.6 Å². The zero-order valence-electron chi connectivity index (χ0n) is 15.1. The Hall–Kier alpha value is -2.25. The normalized spacial score (nSPS) is 11.6. The third kappa shape index (κ3) is 5.12. The van der Waals surface area contributed by atoms with Gasteiger partial charge in [-0.05, 0) is 67.8 Å². The zero-order valence-corrected chi connectivity index (χ0v) is 15.9. The molecular weight excluding hydrogens is 355 g/mol. The van der Waals surface area contributed by atoms with Crippen LogP contribution in [0.5, 0.6) is 0 Å². The molecule has 0 atom stereocenters. The van der Waals surface area contributed by atoms with E-state index in [1.165, 1.54) is 23.5 Å². The van der Waals surface area contributed by atoms with E-state index in [2.05, 4.69) is 5.32 Å². The Morgan fingerprint density at radius 3 is 2.35 bits per heavy atom.